The number of carbonyl (C=O) groups excluding carboxylic acids is 1. The Bertz CT molecular complexity index is 1070. The molecule has 28 heavy (non-hydrogen) atoms. The van der Waals surface area contributed by atoms with E-state index in [9.17, 15) is 4.79 Å². The van der Waals surface area contributed by atoms with Crippen molar-refractivity contribution >= 4 is 22.6 Å². The van der Waals surface area contributed by atoms with Crippen LogP contribution in [0.1, 0.15) is 24.0 Å². The lowest BCUT2D eigenvalue weighted by Gasteiger charge is -2.10. The molecule has 4 nitrogen and oxygen atoms in total. The van der Waals surface area contributed by atoms with Gasteiger partial charge in [0.25, 0.3) is 0 Å². The maximum Gasteiger partial charge on any atom is 0.224 e. The number of aryl methyl sites for hydroxylation is 2. The molecule has 0 spiro atoms. The standard InChI is InChI=1S/C24H23N3O/c1-17-14-15-19(24-26-20-11-5-6-12-21(20)27-24)16-22(17)25-23(28)13-7-10-18-8-3-2-4-9-18/h2-6,8-9,11-12,14-16H,7,10,13H2,1H3,(H,25,28)(H,26,27). The van der Waals surface area contributed by atoms with Gasteiger partial charge >= 0.3 is 0 Å². The summed E-state index contributed by atoms with van der Waals surface area (Å²) >= 11 is 0. The number of aromatic amines is 1. The van der Waals surface area contributed by atoms with Crippen molar-refractivity contribution in [2.75, 3.05) is 5.32 Å². The van der Waals surface area contributed by atoms with Crippen LogP contribution in [0, 0.1) is 6.92 Å². The van der Waals surface area contributed by atoms with E-state index < -0.39 is 0 Å². The van der Waals surface area contributed by atoms with Crippen LogP contribution >= 0.6 is 0 Å². The molecule has 4 heteroatoms. The number of carbonyl (C=O) groups is 1. The van der Waals surface area contributed by atoms with Crippen molar-refractivity contribution in [1.82, 2.24) is 9.97 Å². The van der Waals surface area contributed by atoms with E-state index in [2.05, 4.69) is 27.4 Å². The summed E-state index contributed by atoms with van der Waals surface area (Å²) in [6, 6.07) is 24.2. The number of hydrogen-bond acceptors (Lipinski definition) is 2. The maximum atomic E-state index is 12.4. The zero-order valence-electron chi connectivity index (χ0n) is 15.9. The SMILES string of the molecule is Cc1ccc(-c2nc3ccccc3[nH]2)cc1NC(=O)CCCc1ccccc1. The van der Waals surface area contributed by atoms with Crippen LogP contribution in [-0.4, -0.2) is 15.9 Å². The molecule has 0 atom stereocenters. The minimum absolute atomic E-state index is 0.0424. The van der Waals surface area contributed by atoms with E-state index in [4.69, 9.17) is 0 Å². The first kappa shape index (κ1) is 18.0. The largest absolute Gasteiger partial charge is 0.338 e. The number of nitrogens with zero attached hydrogens (tertiary/aromatic N) is 1. The molecule has 4 rings (SSSR count). The monoisotopic (exact) mass is 369 g/mol. The number of benzene rings is 3. The van der Waals surface area contributed by atoms with Crippen molar-refractivity contribution in [2.45, 2.75) is 26.2 Å². The molecule has 140 valence electrons. The number of para-hydroxylation sites is 2. The van der Waals surface area contributed by atoms with Crippen LogP contribution in [0.2, 0.25) is 0 Å². The fourth-order valence-corrected chi connectivity index (χ4v) is 3.30. The highest BCUT2D eigenvalue weighted by Crippen LogP contribution is 2.25. The summed E-state index contributed by atoms with van der Waals surface area (Å²) in [5, 5.41) is 3.06. The van der Waals surface area contributed by atoms with Gasteiger partial charge in [0.2, 0.25) is 5.91 Å². The molecule has 0 aliphatic rings. The van der Waals surface area contributed by atoms with E-state index in [1.165, 1.54) is 5.56 Å². The normalized spacial score (nSPS) is 10.9. The third-order valence-corrected chi connectivity index (χ3v) is 4.89. The number of hydrogen-bond donors (Lipinski definition) is 2. The lowest BCUT2D eigenvalue weighted by molar-refractivity contribution is -0.116. The van der Waals surface area contributed by atoms with Crippen LogP contribution in [0.25, 0.3) is 22.4 Å². The fraction of sp³-hybridized carbons (Fsp3) is 0.167. The van der Waals surface area contributed by atoms with Crippen LogP contribution in [0.3, 0.4) is 0 Å². The second-order valence-electron chi connectivity index (χ2n) is 7.02. The highest BCUT2D eigenvalue weighted by atomic mass is 16.1. The van der Waals surface area contributed by atoms with Gasteiger partial charge in [0.05, 0.1) is 11.0 Å². The minimum atomic E-state index is 0.0424. The van der Waals surface area contributed by atoms with E-state index in [1.54, 1.807) is 0 Å². The molecule has 0 bridgehead atoms. The van der Waals surface area contributed by atoms with Gasteiger partial charge in [0.15, 0.2) is 0 Å². The Hall–Kier alpha value is -3.40. The van der Waals surface area contributed by atoms with E-state index >= 15 is 0 Å². The number of amides is 1. The average Bonchev–Trinajstić information content (AvgIpc) is 3.15. The second kappa shape index (κ2) is 8.09. The van der Waals surface area contributed by atoms with Crippen LogP contribution < -0.4 is 5.32 Å². The molecule has 0 saturated heterocycles. The van der Waals surface area contributed by atoms with Crippen LogP contribution in [0.15, 0.2) is 72.8 Å². The van der Waals surface area contributed by atoms with Crippen LogP contribution in [0.4, 0.5) is 5.69 Å². The summed E-state index contributed by atoms with van der Waals surface area (Å²) in [6.07, 6.45) is 2.24. The third-order valence-electron chi connectivity index (χ3n) is 4.89. The molecule has 0 radical (unpaired) electrons. The molecule has 2 N–H and O–H groups in total. The highest BCUT2D eigenvalue weighted by molar-refractivity contribution is 5.92. The minimum Gasteiger partial charge on any atom is -0.338 e. The Balaban J connectivity index is 1.44. The van der Waals surface area contributed by atoms with E-state index in [0.717, 1.165) is 46.5 Å². The van der Waals surface area contributed by atoms with Gasteiger partial charge in [-0.25, -0.2) is 4.98 Å². The van der Waals surface area contributed by atoms with E-state index in [-0.39, 0.29) is 5.91 Å². The van der Waals surface area contributed by atoms with Crippen molar-refractivity contribution < 1.29 is 4.79 Å². The number of imidazole rings is 1. The zero-order chi connectivity index (χ0) is 19.3. The summed E-state index contributed by atoms with van der Waals surface area (Å²) in [5.74, 6) is 0.849. The van der Waals surface area contributed by atoms with Gasteiger partial charge in [-0.15, -0.1) is 0 Å². The van der Waals surface area contributed by atoms with Crippen molar-refractivity contribution in [3.63, 3.8) is 0 Å². The Labute approximate surface area is 164 Å². The van der Waals surface area contributed by atoms with Crippen molar-refractivity contribution in [3.05, 3.63) is 83.9 Å². The Morgan fingerprint density at radius 2 is 1.79 bits per heavy atom. The number of fused-ring (bicyclic) bond motifs is 1. The molecule has 0 fully saturated rings. The van der Waals surface area contributed by atoms with Crippen LogP contribution in [0.5, 0.6) is 0 Å². The summed E-state index contributed by atoms with van der Waals surface area (Å²) in [7, 11) is 0. The van der Waals surface area contributed by atoms with Gasteiger partial charge in [-0.2, -0.15) is 0 Å². The maximum absolute atomic E-state index is 12.4. The summed E-state index contributed by atoms with van der Waals surface area (Å²) in [6.45, 7) is 2.00. The Kier molecular flexibility index (Phi) is 5.20. The molecule has 0 unspecified atom stereocenters. The topological polar surface area (TPSA) is 57.8 Å². The van der Waals surface area contributed by atoms with Crippen LogP contribution in [-0.2, 0) is 11.2 Å². The van der Waals surface area contributed by atoms with Crippen molar-refractivity contribution in [2.24, 2.45) is 0 Å². The Morgan fingerprint density at radius 3 is 2.61 bits per heavy atom. The molecule has 4 aromatic rings. The third kappa shape index (κ3) is 4.12. The smallest absolute Gasteiger partial charge is 0.224 e. The lowest BCUT2D eigenvalue weighted by atomic mass is 10.1. The van der Waals surface area contributed by atoms with Gasteiger partial charge in [-0.1, -0.05) is 54.6 Å². The quantitative estimate of drug-likeness (QED) is 0.471. The molecule has 0 aliphatic carbocycles. The summed E-state index contributed by atoms with van der Waals surface area (Å²) < 4.78 is 0. The first-order valence-electron chi connectivity index (χ1n) is 9.58. The predicted molar refractivity (Wildman–Crippen MR) is 114 cm³/mol. The number of rotatable bonds is 6. The first-order chi connectivity index (χ1) is 13.7. The van der Waals surface area contributed by atoms with Gasteiger partial charge in [0, 0.05) is 17.7 Å². The number of anilines is 1. The first-order valence-corrected chi connectivity index (χ1v) is 9.58. The zero-order valence-corrected chi connectivity index (χ0v) is 15.9. The number of aromatic nitrogens is 2. The lowest BCUT2D eigenvalue weighted by Crippen LogP contribution is -2.12. The molecule has 1 amide bonds. The number of H-pyrrole nitrogens is 1. The van der Waals surface area contributed by atoms with Crippen molar-refractivity contribution in [3.8, 4) is 11.4 Å². The fourth-order valence-electron chi connectivity index (χ4n) is 3.30. The second-order valence-corrected chi connectivity index (χ2v) is 7.02. The Morgan fingerprint density at radius 1 is 1.00 bits per heavy atom. The van der Waals surface area contributed by atoms with Gasteiger partial charge in [0.1, 0.15) is 5.82 Å². The summed E-state index contributed by atoms with van der Waals surface area (Å²) in [5.41, 5.74) is 6.04. The average molecular weight is 369 g/mol. The molecular weight excluding hydrogens is 346 g/mol. The molecule has 1 heterocycles. The van der Waals surface area contributed by atoms with Gasteiger partial charge < -0.3 is 10.3 Å². The molecular formula is C24H23N3O. The van der Waals surface area contributed by atoms with Crippen molar-refractivity contribution in [1.29, 1.82) is 0 Å². The number of nitrogens with one attached hydrogen (secondary N) is 2. The summed E-state index contributed by atoms with van der Waals surface area (Å²) in [4.78, 5) is 20.4. The van der Waals surface area contributed by atoms with E-state index in [1.807, 2.05) is 67.6 Å². The molecule has 3 aromatic carbocycles. The van der Waals surface area contributed by atoms with Gasteiger partial charge in [-0.3, -0.25) is 4.79 Å². The van der Waals surface area contributed by atoms with Gasteiger partial charge in [-0.05, 0) is 49.1 Å². The van der Waals surface area contributed by atoms with E-state index in [0.29, 0.717) is 6.42 Å². The molecule has 1 aromatic heterocycles. The highest BCUT2D eigenvalue weighted by Gasteiger charge is 2.10. The molecule has 0 saturated carbocycles. The predicted octanol–water partition coefficient (Wildman–Crippen LogP) is 5.50. The molecule has 0 aliphatic heterocycles.